The van der Waals surface area contributed by atoms with Gasteiger partial charge in [-0.1, -0.05) is 6.07 Å². The molecule has 1 saturated carbocycles. The number of hydrogen-bond acceptors (Lipinski definition) is 4. The van der Waals surface area contributed by atoms with Crippen LogP contribution in [-0.4, -0.2) is 55.3 Å². The first-order valence-electron chi connectivity index (χ1n) is 9.92. The van der Waals surface area contributed by atoms with Crippen molar-refractivity contribution in [3.05, 3.63) is 23.9 Å². The van der Waals surface area contributed by atoms with Crippen LogP contribution in [0.3, 0.4) is 0 Å². The van der Waals surface area contributed by atoms with Gasteiger partial charge in [0.25, 0.3) is 0 Å². The lowest BCUT2D eigenvalue weighted by Crippen LogP contribution is -2.40. The number of nitrogens with one attached hydrogen (secondary N) is 1. The van der Waals surface area contributed by atoms with Crippen LogP contribution < -0.4 is 10.1 Å². The molecule has 6 nitrogen and oxygen atoms in total. The van der Waals surface area contributed by atoms with Gasteiger partial charge in [0, 0.05) is 44.9 Å². The minimum atomic E-state index is 0. The Bertz CT molecular complexity index is 576. The molecule has 152 valence electrons. The zero-order valence-electron chi connectivity index (χ0n) is 16.5. The van der Waals surface area contributed by atoms with E-state index in [9.17, 15) is 0 Å². The molecule has 27 heavy (non-hydrogen) atoms. The van der Waals surface area contributed by atoms with Crippen LogP contribution in [0.2, 0.25) is 0 Å². The van der Waals surface area contributed by atoms with Crippen molar-refractivity contribution in [1.82, 2.24) is 15.2 Å². The first kappa shape index (κ1) is 22.2. The van der Waals surface area contributed by atoms with E-state index in [1.54, 1.807) is 7.11 Å². The maximum atomic E-state index is 5.93. The number of nitrogens with zero attached hydrogens (tertiary/aromatic N) is 3. The number of halogens is 1. The summed E-state index contributed by atoms with van der Waals surface area (Å²) in [4.78, 5) is 11.6. The van der Waals surface area contributed by atoms with Gasteiger partial charge in [-0.25, -0.2) is 9.98 Å². The second-order valence-electron chi connectivity index (χ2n) is 7.26. The first-order valence-corrected chi connectivity index (χ1v) is 9.92. The monoisotopic (exact) mass is 488 g/mol. The molecule has 1 aromatic heterocycles. The summed E-state index contributed by atoms with van der Waals surface area (Å²) in [6.45, 7) is 6.47. The minimum Gasteiger partial charge on any atom is -0.474 e. The van der Waals surface area contributed by atoms with Crippen LogP contribution in [0.25, 0.3) is 0 Å². The molecule has 0 bridgehead atoms. The van der Waals surface area contributed by atoms with Gasteiger partial charge in [-0.15, -0.1) is 24.0 Å². The normalized spacial score (nSPS) is 20.6. The third-order valence-corrected chi connectivity index (χ3v) is 5.12. The average Bonchev–Trinajstić information content (AvgIpc) is 3.32. The smallest absolute Gasteiger partial charge is 0.213 e. The van der Waals surface area contributed by atoms with Crippen molar-refractivity contribution in [3.63, 3.8) is 0 Å². The van der Waals surface area contributed by atoms with Gasteiger partial charge in [0.2, 0.25) is 5.88 Å². The van der Waals surface area contributed by atoms with Gasteiger partial charge in [0.1, 0.15) is 6.10 Å². The molecule has 0 radical (unpaired) electrons. The Kier molecular flexibility index (Phi) is 9.61. The van der Waals surface area contributed by atoms with Crippen LogP contribution in [0.1, 0.15) is 44.6 Å². The molecule has 1 aliphatic carbocycles. The van der Waals surface area contributed by atoms with E-state index in [1.165, 1.54) is 12.8 Å². The number of aliphatic imine (C=N–C) groups is 1. The Hall–Kier alpha value is -1.09. The lowest BCUT2D eigenvalue weighted by atomic mass is 10.1. The summed E-state index contributed by atoms with van der Waals surface area (Å²) >= 11 is 0. The summed E-state index contributed by atoms with van der Waals surface area (Å²) < 4.78 is 11.2. The molecule has 1 aliphatic heterocycles. The second-order valence-corrected chi connectivity index (χ2v) is 7.26. The lowest BCUT2D eigenvalue weighted by molar-refractivity contribution is 0.157. The standard InChI is InChI=1S/C20H32N4O2.HI/c1-3-21-20(24-11-10-17(14-24)15-25-2)23-13-16-8-9-19(22-12-16)26-18-6-4-5-7-18;/h8-9,12,17-18H,3-7,10-11,13-15H2,1-2H3,(H,21,23);1H. The number of guanidine groups is 1. The zero-order valence-corrected chi connectivity index (χ0v) is 18.9. The van der Waals surface area contributed by atoms with Gasteiger partial charge in [0.15, 0.2) is 5.96 Å². The molecule has 2 fully saturated rings. The molecule has 0 spiro atoms. The number of hydrogen-bond donors (Lipinski definition) is 1. The summed E-state index contributed by atoms with van der Waals surface area (Å²) in [5, 5.41) is 3.41. The molecule has 3 rings (SSSR count). The highest BCUT2D eigenvalue weighted by molar-refractivity contribution is 14.0. The topological polar surface area (TPSA) is 59.0 Å². The highest BCUT2D eigenvalue weighted by Gasteiger charge is 2.24. The Morgan fingerprint density at radius 2 is 2.11 bits per heavy atom. The van der Waals surface area contributed by atoms with Crippen LogP contribution in [0, 0.1) is 5.92 Å². The van der Waals surface area contributed by atoms with Crippen molar-refractivity contribution in [2.24, 2.45) is 10.9 Å². The van der Waals surface area contributed by atoms with E-state index < -0.39 is 0 Å². The fraction of sp³-hybridized carbons (Fsp3) is 0.700. The van der Waals surface area contributed by atoms with E-state index in [2.05, 4.69) is 28.2 Å². The number of ether oxygens (including phenoxy) is 2. The molecule has 0 aromatic carbocycles. The molecule has 1 N–H and O–H groups in total. The van der Waals surface area contributed by atoms with Crippen LogP contribution in [0.5, 0.6) is 5.88 Å². The van der Waals surface area contributed by atoms with Gasteiger partial charge in [-0.2, -0.15) is 0 Å². The molecule has 2 heterocycles. The van der Waals surface area contributed by atoms with Crippen LogP contribution >= 0.6 is 24.0 Å². The van der Waals surface area contributed by atoms with Gasteiger partial charge in [0.05, 0.1) is 13.2 Å². The number of likely N-dealkylation sites (tertiary alicyclic amines) is 1. The van der Waals surface area contributed by atoms with Crippen molar-refractivity contribution in [3.8, 4) is 5.88 Å². The largest absolute Gasteiger partial charge is 0.474 e. The average molecular weight is 488 g/mol. The Balaban J connectivity index is 0.00000261. The van der Waals surface area contributed by atoms with E-state index in [4.69, 9.17) is 14.5 Å². The Labute approximate surface area is 180 Å². The zero-order chi connectivity index (χ0) is 18.2. The molecule has 7 heteroatoms. The first-order chi connectivity index (χ1) is 12.8. The van der Waals surface area contributed by atoms with Crippen LogP contribution in [0.15, 0.2) is 23.3 Å². The number of methoxy groups -OCH3 is 1. The molecular weight excluding hydrogens is 455 g/mol. The van der Waals surface area contributed by atoms with Crippen molar-refractivity contribution >= 4 is 29.9 Å². The predicted octanol–water partition coefficient (Wildman–Crippen LogP) is 3.45. The lowest BCUT2D eigenvalue weighted by Gasteiger charge is -2.21. The summed E-state index contributed by atoms with van der Waals surface area (Å²) in [5.41, 5.74) is 1.10. The van der Waals surface area contributed by atoms with Crippen molar-refractivity contribution in [2.75, 3.05) is 33.4 Å². The van der Waals surface area contributed by atoms with E-state index in [1.807, 2.05) is 12.3 Å². The molecule has 1 aromatic rings. The third kappa shape index (κ3) is 6.78. The number of pyridine rings is 1. The van der Waals surface area contributed by atoms with E-state index in [0.717, 1.165) is 62.9 Å². The highest BCUT2D eigenvalue weighted by Crippen LogP contribution is 2.23. The summed E-state index contributed by atoms with van der Waals surface area (Å²) in [5.74, 6) is 2.31. The minimum absolute atomic E-state index is 0. The fourth-order valence-corrected chi connectivity index (χ4v) is 3.74. The fourth-order valence-electron chi connectivity index (χ4n) is 3.74. The van der Waals surface area contributed by atoms with Crippen molar-refractivity contribution < 1.29 is 9.47 Å². The molecule has 1 unspecified atom stereocenters. The maximum Gasteiger partial charge on any atom is 0.213 e. The molecule has 1 saturated heterocycles. The number of aromatic nitrogens is 1. The predicted molar refractivity (Wildman–Crippen MR) is 119 cm³/mol. The summed E-state index contributed by atoms with van der Waals surface area (Å²) in [6, 6.07) is 4.04. The third-order valence-electron chi connectivity index (χ3n) is 5.12. The summed E-state index contributed by atoms with van der Waals surface area (Å²) in [7, 11) is 1.77. The Morgan fingerprint density at radius 1 is 1.30 bits per heavy atom. The second kappa shape index (κ2) is 11.7. The molecule has 0 amide bonds. The van der Waals surface area contributed by atoms with E-state index in [0.29, 0.717) is 18.6 Å². The maximum absolute atomic E-state index is 5.93. The Morgan fingerprint density at radius 3 is 2.78 bits per heavy atom. The van der Waals surface area contributed by atoms with Crippen molar-refractivity contribution in [1.29, 1.82) is 0 Å². The summed E-state index contributed by atoms with van der Waals surface area (Å²) in [6.07, 6.45) is 8.24. The molecule has 2 aliphatic rings. The van der Waals surface area contributed by atoms with Gasteiger partial charge < -0.3 is 19.7 Å². The molecule has 1 atom stereocenters. The van der Waals surface area contributed by atoms with Gasteiger partial charge in [-0.3, -0.25) is 0 Å². The quantitative estimate of drug-likeness (QED) is 0.362. The van der Waals surface area contributed by atoms with Crippen LogP contribution in [-0.2, 0) is 11.3 Å². The highest BCUT2D eigenvalue weighted by atomic mass is 127. The van der Waals surface area contributed by atoms with Gasteiger partial charge in [-0.05, 0) is 44.6 Å². The number of rotatable bonds is 7. The van der Waals surface area contributed by atoms with Crippen molar-refractivity contribution in [2.45, 2.75) is 51.7 Å². The molecular formula is C20H33IN4O2. The van der Waals surface area contributed by atoms with Gasteiger partial charge >= 0.3 is 0 Å². The van der Waals surface area contributed by atoms with E-state index in [-0.39, 0.29) is 24.0 Å². The van der Waals surface area contributed by atoms with Crippen LogP contribution in [0.4, 0.5) is 0 Å². The SMILES string of the molecule is CCNC(=NCc1ccc(OC2CCCC2)nc1)N1CCC(COC)C1.I. The van der Waals surface area contributed by atoms with E-state index >= 15 is 0 Å².